The van der Waals surface area contributed by atoms with Crippen LogP contribution in [0.2, 0.25) is 0 Å². The second kappa shape index (κ2) is 9.92. The Kier molecular flexibility index (Phi) is 6.67. The molecule has 0 spiro atoms. The van der Waals surface area contributed by atoms with Crippen molar-refractivity contribution in [1.29, 1.82) is 0 Å². The van der Waals surface area contributed by atoms with Crippen LogP contribution in [-0.2, 0) is 12.7 Å². The minimum absolute atomic E-state index is 0.339. The van der Waals surface area contributed by atoms with Crippen LogP contribution in [0.3, 0.4) is 0 Å². The molecule has 2 aliphatic rings. The molecular formula is C25H28F3N9. The highest BCUT2D eigenvalue weighted by atomic mass is 19.4. The van der Waals surface area contributed by atoms with E-state index < -0.39 is 17.7 Å². The summed E-state index contributed by atoms with van der Waals surface area (Å²) >= 11 is 0. The highest BCUT2D eigenvalue weighted by Gasteiger charge is 2.35. The van der Waals surface area contributed by atoms with Crippen molar-refractivity contribution < 1.29 is 13.2 Å². The van der Waals surface area contributed by atoms with Gasteiger partial charge in [-0.2, -0.15) is 13.2 Å². The van der Waals surface area contributed by atoms with Crippen LogP contribution >= 0.6 is 0 Å². The maximum atomic E-state index is 13.3. The van der Waals surface area contributed by atoms with Gasteiger partial charge in [-0.1, -0.05) is 6.07 Å². The number of likely N-dealkylation sites (N-methyl/N-ethyl adjacent to an activating group) is 2. The number of alkyl halides is 3. The van der Waals surface area contributed by atoms with Crippen LogP contribution in [-0.4, -0.2) is 71.3 Å². The fourth-order valence-electron chi connectivity index (χ4n) is 4.78. The first-order valence-corrected chi connectivity index (χ1v) is 12.0. The SMILES string of the molecule is C=Nc1cnc(NCc2ccc(N(C)C3CCN(C)C3)nc2)nc1C1CNc2ncc(C(F)(F)F)cc21. The lowest BCUT2D eigenvalue weighted by atomic mass is 9.97. The molecule has 0 aromatic carbocycles. The quantitative estimate of drug-likeness (QED) is 0.461. The van der Waals surface area contributed by atoms with E-state index in [1.807, 2.05) is 18.3 Å². The molecule has 3 aromatic rings. The summed E-state index contributed by atoms with van der Waals surface area (Å²) in [6, 6.07) is 5.57. The summed E-state index contributed by atoms with van der Waals surface area (Å²) in [5.74, 6) is 1.19. The molecule has 1 fully saturated rings. The van der Waals surface area contributed by atoms with Gasteiger partial charge in [0, 0.05) is 56.6 Å². The molecule has 0 saturated carbocycles. The lowest BCUT2D eigenvalue weighted by molar-refractivity contribution is -0.137. The van der Waals surface area contributed by atoms with E-state index >= 15 is 0 Å². The summed E-state index contributed by atoms with van der Waals surface area (Å²) in [6.07, 6.45) is 0.795. The summed E-state index contributed by atoms with van der Waals surface area (Å²) in [5.41, 5.74) is 1.46. The topological polar surface area (TPSA) is 94.5 Å². The van der Waals surface area contributed by atoms with Crippen molar-refractivity contribution in [3.8, 4) is 0 Å². The number of likely N-dealkylation sites (tertiary alicyclic amines) is 1. The van der Waals surface area contributed by atoms with Gasteiger partial charge in [-0.15, -0.1) is 0 Å². The predicted octanol–water partition coefficient (Wildman–Crippen LogP) is 3.93. The number of halogens is 3. The number of hydrogen-bond donors (Lipinski definition) is 2. The van der Waals surface area contributed by atoms with E-state index in [-0.39, 0.29) is 0 Å². The van der Waals surface area contributed by atoms with E-state index in [1.54, 1.807) is 0 Å². The highest BCUT2D eigenvalue weighted by Crippen LogP contribution is 2.40. The van der Waals surface area contributed by atoms with Gasteiger partial charge in [0.05, 0.1) is 17.5 Å². The van der Waals surface area contributed by atoms with Gasteiger partial charge < -0.3 is 20.4 Å². The first kappa shape index (κ1) is 24.9. The molecule has 12 heteroatoms. The second-order valence-corrected chi connectivity index (χ2v) is 9.41. The molecule has 2 aliphatic heterocycles. The van der Waals surface area contributed by atoms with Crippen LogP contribution in [0.4, 0.5) is 36.4 Å². The van der Waals surface area contributed by atoms with E-state index in [2.05, 4.69) is 66.2 Å². The lowest BCUT2D eigenvalue weighted by Gasteiger charge is -2.25. The summed E-state index contributed by atoms with van der Waals surface area (Å²) in [7, 11) is 4.19. The van der Waals surface area contributed by atoms with Crippen LogP contribution < -0.4 is 15.5 Å². The number of hydrogen-bond acceptors (Lipinski definition) is 9. The van der Waals surface area contributed by atoms with Crippen LogP contribution in [0.25, 0.3) is 0 Å². The molecule has 37 heavy (non-hydrogen) atoms. The Hall–Kier alpha value is -3.80. The standard InChI is InChI=1S/C25H28F3N9/c1-29-20-13-34-24(33-10-15-4-5-21(30-9-15)37(3)17-6-7-36(2)14-17)35-22(20)19-12-32-23-18(19)8-16(11-31-23)25(26,27)28/h4-5,8-9,11,13,17,19H,1,6-7,10,12,14H2,2-3H3,(H,31,32)(H,33,34,35). The van der Waals surface area contributed by atoms with Crippen LogP contribution in [0, 0.1) is 0 Å². The zero-order valence-corrected chi connectivity index (χ0v) is 20.6. The fourth-order valence-corrected chi connectivity index (χ4v) is 4.78. The molecule has 5 heterocycles. The van der Waals surface area contributed by atoms with Crippen LogP contribution in [0.5, 0.6) is 0 Å². The molecule has 5 rings (SSSR count). The normalized spacial score (nSPS) is 19.4. The molecule has 2 N–H and O–H groups in total. The maximum absolute atomic E-state index is 13.3. The minimum Gasteiger partial charge on any atom is -0.369 e. The highest BCUT2D eigenvalue weighted by molar-refractivity contribution is 5.61. The van der Waals surface area contributed by atoms with Crippen molar-refractivity contribution in [2.24, 2.45) is 4.99 Å². The van der Waals surface area contributed by atoms with E-state index in [0.717, 1.165) is 43.2 Å². The van der Waals surface area contributed by atoms with Gasteiger partial charge in [0.1, 0.15) is 17.3 Å². The summed E-state index contributed by atoms with van der Waals surface area (Å²) in [6.45, 7) is 6.46. The van der Waals surface area contributed by atoms with Gasteiger partial charge in [0.2, 0.25) is 5.95 Å². The predicted molar refractivity (Wildman–Crippen MR) is 137 cm³/mol. The van der Waals surface area contributed by atoms with Crippen molar-refractivity contribution in [2.45, 2.75) is 31.1 Å². The van der Waals surface area contributed by atoms with Crippen molar-refractivity contribution in [3.63, 3.8) is 0 Å². The number of aromatic nitrogens is 4. The average Bonchev–Trinajstić information content (AvgIpc) is 3.52. The Balaban J connectivity index is 1.31. The zero-order chi connectivity index (χ0) is 26.2. The molecular weight excluding hydrogens is 483 g/mol. The number of aliphatic imine (C=N–C) groups is 1. The molecule has 1 saturated heterocycles. The fraction of sp³-hybridized carbons (Fsp3) is 0.400. The van der Waals surface area contributed by atoms with Gasteiger partial charge in [0.25, 0.3) is 0 Å². The number of nitrogens with one attached hydrogen (secondary N) is 2. The molecule has 194 valence electrons. The number of pyridine rings is 2. The summed E-state index contributed by atoms with van der Waals surface area (Å²) < 4.78 is 39.9. The summed E-state index contributed by atoms with van der Waals surface area (Å²) in [4.78, 5) is 26.0. The molecule has 0 radical (unpaired) electrons. The third-order valence-corrected chi connectivity index (χ3v) is 6.93. The molecule has 2 unspecified atom stereocenters. The minimum atomic E-state index is -4.49. The monoisotopic (exact) mass is 511 g/mol. The van der Waals surface area contributed by atoms with Gasteiger partial charge >= 0.3 is 6.18 Å². The molecule has 0 amide bonds. The van der Waals surface area contributed by atoms with Crippen LogP contribution in [0.15, 0.2) is 41.8 Å². The Morgan fingerprint density at radius 1 is 1.22 bits per heavy atom. The van der Waals surface area contributed by atoms with Gasteiger partial charge in [-0.25, -0.2) is 19.9 Å². The first-order valence-electron chi connectivity index (χ1n) is 12.0. The Labute approximate surface area is 212 Å². The first-order chi connectivity index (χ1) is 17.7. The summed E-state index contributed by atoms with van der Waals surface area (Å²) in [5, 5.41) is 6.24. The van der Waals surface area contributed by atoms with E-state index in [4.69, 9.17) is 0 Å². The van der Waals surface area contributed by atoms with Crippen molar-refractivity contribution in [2.75, 3.05) is 49.3 Å². The largest absolute Gasteiger partial charge is 0.417 e. The van der Waals surface area contributed by atoms with Gasteiger partial charge in [-0.3, -0.25) is 4.99 Å². The number of anilines is 3. The third-order valence-electron chi connectivity index (χ3n) is 6.93. The molecule has 0 aliphatic carbocycles. The average molecular weight is 512 g/mol. The van der Waals surface area contributed by atoms with E-state index in [0.29, 0.717) is 47.8 Å². The molecule has 2 atom stereocenters. The Morgan fingerprint density at radius 3 is 2.73 bits per heavy atom. The van der Waals surface area contributed by atoms with Crippen molar-refractivity contribution >= 4 is 30.0 Å². The smallest absolute Gasteiger partial charge is 0.369 e. The molecule has 0 bridgehead atoms. The van der Waals surface area contributed by atoms with E-state index in [1.165, 1.54) is 6.20 Å². The van der Waals surface area contributed by atoms with Crippen molar-refractivity contribution in [1.82, 2.24) is 24.8 Å². The molecule has 3 aromatic heterocycles. The number of fused-ring (bicyclic) bond motifs is 1. The lowest BCUT2D eigenvalue weighted by Crippen LogP contribution is -2.34. The van der Waals surface area contributed by atoms with Gasteiger partial charge in [-0.05, 0) is 44.4 Å². The Morgan fingerprint density at radius 2 is 2.05 bits per heavy atom. The number of nitrogens with zero attached hydrogens (tertiary/aromatic N) is 7. The van der Waals surface area contributed by atoms with Crippen molar-refractivity contribution in [3.05, 3.63) is 59.2 Å². The second-order valence-electron chi connectivity index (χ2n) is 9.41. The number of rotatable bonds is 7. The maximum Gasteiger partial charge on any atom is 0.417 e. The Bertz CT molecular complexity index is 1280. The van der Waals surface area contributed by atoms with Gasteiger partial charge in [0.15, 0.2) is 0 Å². The van der Waals surface area contributed by atoms with Crippen LogP contribution in [0.1, 0.15) is 34.7 Å². The zero-order valence-electron chi connectivity index (χ0n) is 20.6. The third kappa shape index (κ3) is 5.19. The molecule has 9 nitrogen and oxygen atoms in total. The van der Waals surface area contributed by atoms with E-state index in [9.17, 15) is 13.2 Å².